The molecular formula is C10H10N2. The van der Waals surface area contributed by atoms with E-state index in [1.165, 1.54) is 5.56 Å². The lowest BCUT2D eigenvalue weighted by atomic mass is 10.3. The molecule has 0 atom stereocenters. The standard InChI is InChI=1S/C10H10N2/c1-2-8-12(7-1)9-10-3-5-11-6-4-10/h1-8H,9H2. The van der Waals surface area contributed by atoms with E-state index in [0.717, 1.165) is 6.54 Å². The van der Waals surface area contributed by atoms with E-state index in [4.69, 9.17) is 0 Å². The van der Waals surface area contributed by atoms with Crippen LogP contribution in [0, 0.1) is 0 Å². The summed E-state index contributed by atoms with van der Waals surface area (Å²) in [6.07, 6.45) is 7.75. The van der Waals surface area contributed by atoms with Crippen molar-refractivity contribution in [3.05, 3.63) is 54.6 Å². The second-order valence-corrected chi connectivity index (χ2v) is 2.71. The molecular weight excluding hydrogens is 148 g/mol. The highest BCUT2D eigenvalue weighted by Gasteiger charge is 1.90. The number of nitrogens with zero attached hydrogens (tertiary/aromatic N) is 2. The minimum atomic E-state index is 0.926. The third-order valence-electron chi connectivity index (χ3n) is 1.78. The van der Waals surface area contributed by atoms with Crippen molar-refractivity contribution < 1.29 is 0 Å². The summed E-state index contributed by atoms with van der Waals surface area (Å²) in [6.45, 7) is 0.926. The first-order valence-corrected chi connectivity index (χ1v) is 3.95. The van der Waals surface area contributed by atoms with Crippen LogP contribution >= 0.6 is 0 Å². The summed E-state index contributed by atoms with van der Waals surface area (Å²) in [6, 6.07) is 8.11. The van der Waals surface area contributed by atoms with Gasteiger partial charge in [-0.3, -0.25) is 4.98 Å². The molecule has 2 aromatic rings. The molecule has 2 nitrogen and oxygen atoms in total. The van der Waals surface area contributed by atoms with Crippen molar-refractivity contribution in [1.82, 2.24) is 9.55 Å². The Bertz CT molecular complexity index is 324. The van der Waals surface area contributed by atoms with Gasteiger partial charge in [0, 0.05) is 31.3 Å². The molecule has 0 radical (unpaired) electrons. The maximum absolute atomic E-state index is 3.97. The predicted octanol–water partition coefficient (Wildman–Crippen LogP) is 1.93. The summed E-state index contributed by atoms with van der Waals surface area (Å²) in [5.41, 5.74) is 1.28. The third-order valence-corrected chi connectivity index (χ3v) is 1.78. The number of pyridine rings is 1. The molecule has 2 heterocycles. The van der Waals surface area contributed by atoms with Crippen LogP contribution in [0.15, 0.2) is 49.1 Å². The molecule has 0 aliphatic heterocycles. The second-order valence-electron chi connectivity index (χ2n) is 2.71. The molecule has 0 N–H and O–H groups in total. The van der Waals surface area contributed by atoms with Gasteiger partial charge < -0.3 is 4.57 Å². The molecule has 0 unspecified atom stereocenters. The Kier molecular flexibility index (Phi) is 1.90. The van der Waals surface area contributed by atoms with Gasteiger partial charge in [0.25, 0.3) is 0 Å². The van der Waals surface area contributed by atoms with Crippen LogP contribution in [0.3, 0.4) is 0 Å². The number of hydrogen-bond donors (Lipinski definition) is 0. The van der Waals surface area contributed by atoms with Gasteiger partial charge in [-0.05, 0) is 29.8 Å². The van der Waals surface area contributed by atoms with Crippen LogP contribution < -0.4 is 0 Å². The van der Waals surface area contributed by atoms with Crippen molar-refractivity contribution in [1.29, 1.82) is 0 Å². The Hall–Kier alpha value is -1.57. The molecule has 12 heavy (non-hydrogen) atoms. The molecule has 0 amide bonds. The summed E-state index contributed by atoms with van der Waals surface area (Å²) < 4.78 is 2.13. The van der Waals surface area contributed by atoms with Crippen LogP contribution in [0.25, 0.3) is 0 Å². The van der Waals surface area contributed by atoms with E-state index in [9.17, 15) is 0 Å². The summed E-state index contributed by atoms with van der Waals surface area (Å²) in [7, 11) is 0. The van der Waals surface area contributed by atoms with Crippen molar-refractivity contribution in [2.24, 2.45) is 0 Å². The van der Waals surface area contributed by atoms with Crippen LogP contribution in [-0.4, -0.2) is 9.55 Å². The number of hydrogen-bond acceptors (Lipinski definition) is 1. The van der Waals surface area contributed by atoms with E-state index in [1.807, 2.05) is 36.7 Å². The molecule has 0 aromatic carbocycles. The van der Waals surface area contributed by atoms with Crippen molar-refractivity contribution in [2.75, 3.05) is 0 Å². The Morgan fingerprint density at radius 2 is 1.75 bits per heavy atom. The maximum Gasteiger partial charge on any atom is 0.0471 e. The van der Waals surface area contributed by atoms with Gasteiger partial charge in [0.15, 0.2) is 0 Å². The number of aromatic nitrogens is 2. The van der Waals surface area contributed by atoms with E-state index in [2.05, 4.69) is 21.9 Å². The highest BCUT2D eigenvalue weighted by Crippen LogP contribution is 2.00. The first-order valence-electron chi connectivity index (χ1n) is 3.95. The molecule has 2 aromatic heterocycles. The minimum Gasteiger partial charge on any atom is -0.350 e. The molecule has 0 aliphatic rings. The average molecular weight is 158 g/mol. The zero-order valence-corrected chi connectivity index (χ0v) is 6.72. The molecule has 0 spiro atoms. The predicted molar refractivity (Wildman–Crippen MR) is 47.8 cm³/mol. The quantitative estimate of drug-likeness (QED) is 0.653. The molecule has 0 aliphatic carbocycles. The first-order chi connectivity index (χ1) is 5.95. The summed E-state index contributed by atoms with van der Waals surface area (Å²) >= 11 is 0. The van der Waals surface area contributed by atoms with Gasteiger partial charge in [-0.25, -0.2) is 0 Å². The lowest BCUT2D eigenvalue weighted by Crippen LogP contribution is -1.95. The zero-order valence-electron chi connectivity index (χ0n) is 6.72. The van der Waals surface area contributed by atoms with Crippen LogP contribution in [0.1, 0.15) is 5.56 Å². The van der Waals surface area contributed by atoms with Crippen molar-refractivity contribution in [3.63, 3.8) is 0 Å². The molecule has 0 saturated carbocycles. The molecule has 60 valence electrons. The van der Waals surface area contributed by atoms with E-state index in [0.29, 0.717) is 0 Å². The fourth-order valence-corrected chi connectivity index (χ4v) is 1.17. The largest absolute Gasteiger partial charge is 0.350 e. The lowest BCUT2D eigenvalue weighted by Gasteiger charge is -2.01. The Morgan fingerprint density at radius 3 is 2.42 bits per heavy atom. The molecule has 0 saturated heterocycles. The molecule has 2 heteroatoms. The van der Waals surface area contributed by atoms with Crippen molar-refractivity contribution >= 4 is 0 Å². The smallest absolute Gasteiger partial charge is 0.0471 e. The third kappa shape index (κ3) is 1.53. The van der Waals surface area contributed by atoms with Gasteiger partial charge >= 0.3 is 0 Å². The normalized spacial score (nSPS) is 10.0. The van der Waals surface area contributed by atoms with Gasteiger partial charge in [-0.1, -0.05) is 0 Å². The molecule has 2 rings (SSSR count). The summed E-state index contributed by atoms with van der Waals surface area (Å²) in [5.74, 6) is 0. The maximum atomic E-state index is 3.97. The van der Waals surface area contributed by atoms with Crippen LogP contribution in [0.2, 0.25) is 0 Å². The van der Waals surface area contributed by atoms with Gasteiger partial charge in [-0.15, -0.1) is 0 Å². The van der Waals surface area contributed by atoms with Gasteiger partial charge in [-0.2, -0.15) is 0 Å². The van der Waals surface area contributed by atoms with Gasteiger partial charge in [0.1, 0.15) is 0 Å². The van der Waals surface area contributed by atoms with Crippen LogP contribution in [-0.2, 0) is 6.54 Å². The summed E-state index contributed by atoms with van der Waals surface area (Å²) in [5, 5.41) is 0. The van der Waals surface area contributed by atoms with Crippen molar-refractivity contribution in [3.8, 4) is 0 Å². The highest BCUT2D eigenvalue weighted by atomic mass is 14.9. The average Bonchev–Trinajstić information content (AvgIpc) is 2.59. The lowest BCUT2D eigenvalue weighted by molar-refractivity contribution is 0.804. The summed E-state index contributed by atoms with van der Waals surface area (Å²) in [4.78, 5) is 3.97. The second kappa shape index (κ2) is 3.22. The van der Waals surface area contributed by atoms with Crippen LogP contribution in [0.4, 0.5) is 0 Å². The SMILES string of the molecule is c1ccn(Cc2ccncc2)c1. The fraction of sp³-hybridized carbons (Fsp3) is 0.100. The highest BCUT2D eigenvalue weighted by molar-refractivity contribution is 5.10. The van der Waals surface area contributed by atoms with E-state index >= 15 is 0 Å². The number of rotatable bonds is 2. The zero-order chi connectivity index (χ0) is 8.23. The Balaban J connectivity index is 2.15. The van der Waals surface area contributed by atoms with Crippen LogP contribution in [0.5, 0.6) is 0 Å². The van der Waals surface area contributed by atoms with Crippen molar-refractivity contribution in [2.45, 2.75) is 6.54 Å². The van der Waals surface area contributed by atoms with E-state index < -0.39 is 0 Å². The Morgan fingerprint density at radius 1 is 1.08 bits per heavy atom. The van der Waals surface area contributed by atoms with Gasteiger partial charge in [0.2, 0.25) is 0 Å². The van der Waals surface area contributed by atoms with E-state index in [-0.39, 0.29) is 0 Å². The topological polar surface area (TPSA) is 17.8 Å². The van der Waals surface area contributed by atoms with Gasteiger partial charge in [0.05, 0.1) is 0 Å². The molecule has 0 bridgehead atoms. The molecule has 0 fully saturated rings. The fourth-order valence-electron chi connectivity index (χ4n) is 1.17. The monoisotopic (exact) mass is 158 g/mol. The minimum absolute atomic E-state index is 0.926. The first kappa shape index (κ1) is 7.10. The Labute approximate surface area is 71.5 Å². The van der Waals surface area contributed by atoms with E-state index in [1.54, 1.807) is 0 Å².